The molecule has 2 N–H and O–H groups in total. The van der Waals surface area contributed by atoms with Gasteiger partial charge < -0.3 is 19.8 Å². The maximum Gasteiger partial charge on any atom is 0.218 e. The molecular formula is C12H19N3O3. The van der Waals surface area contributed by atoms with Crippen molar-refractivity contribution >= 4 is 5.82 Å². The summed E-state index contributed by atoms with van der Waals surface area (Å²) in [5.41, 5.74) is -0.979. The highest BCUT2D eigenvalue weighted by Gasteiger charge is 2.39. The summed E-state index contributed by atoms with van der Waals surface area (Å²) in [7, 11) is 1.55. The van der Waals surface area contributed by atoms with Crippen LogP contribution in [-0.4, -0.2) is 52.1 Å². The Kier molecular flexibility index (Phi) is 3.68. The second-order valence-corrected chi connectivity index (χ2v) is 4.59. The van der Waals surface area contributed by atoms with Crippen LogP contribution in [0.1, 0.15) is 19.8 Å². The lowest BCUT2D eigenvalue weighted by Crippen LogP contribution is -2.55. The molecule has 1 saturated heterocycles. The number of aliphatic hydroxyl groups is 2. The minimum atomic E-state index is -0.979. The third kappa shape index (κ3) is 2.39. The van der Waals surface area contributed by atoms with Gasteiger partial charge in [0.2, 0.25) is 5.88 Å². The number of methoxy groups -OCH3 is 1. The van der Waals surface area contributed by atoms with E-state index in [0.717, 1.165) is 0 Å². The van der Waals surface area contributed by atoms with Gasteiger partial charge in [-0.3, -0.25) is 0 Å². The molecule has 0 bridgehead atoms. The second kappa shape index (κ2) is 5.07. The summed E-state index contributed by atoms with van der Waals surface area (Å²) in [5.74, 6) is 1.20. The lowest BCUT2D eigenvalue weighted by Gasteiger charge is -2.42. The Labute approximate surface area is 106 Å². The van der Waals surface area contributed by atoms with Crippen LogP contribution in [0.4, 0.5) is 5.82 Å². The highest BCUT2D eigenvalue weighted by atomic mass is 16.5. The molecule has 1 aromatic rings. The maximum atomic E-state index is 10.2. The molecule has 1 aliphatic heterocycles. The molecule has 6 heteroatoms. The smallest absolute Gasteiger partial charge is 0.218 e. The molecule has 2 rings (SSSR count). The molecule has 0 saturated carbocycles. The lowest BCUT2D eigenvalue weighted by atomic mass is 9.86. The Morgan fingerprint density at radius 2 is 2.33 bits per heavy atom. The van der Waals surface area contributed by atoms with Gasteiger partial charge >= 0.3 is 0 Å². The summed E-state index contributed by atoms with van der Waals surface area (Å²) in [4.78, 5) is 10.0. The van der Waals surface area contributed by atoms with E-state index < -0.39 is 11.7 Å². The average Bonchev–Trinajstić information content (AvgIpc) is 2.42. The van der Waals surface area contributed by atoms with E-state index in [9.17, 15) is 10.2 Å². The maximum absolute atomic E-state index is 10.2. The first kappa shape index (κ1) is 13.0. The monoisotopic (exact) mass is 253 g/mol. The molecule has 1 aliphatic rings. The fraction of sp³-hybridized carbons (Fsp3) is 0.667. The minimum Gasteiger partial charge on any atom is -0.481 e. The minimum absolute atomic E-state index is 0.366. The Hall–Kier alpha value is -1.40. The zero-order chi connectivity index (χ0) is 13.2. The van der Waals surface area contributed by atoms with E-state index in [1.54, 1.807) is 13.2 Å². The predicted octanol–water partition coefficient (Wildman–Crippen LogP) is 0.197. The Bertz CT molecular complexity index is 415. The molecule has 0 radical (unpaired) electrons. The molecule has 2 heterocycles. The van der Waals surface area contributed by atoms with Crippen molar-refractivity contribution < 1.29 is 14.9 Å². The van der Waals surface area contributed by atoms with Crippen LogP contribution < -0.4 is 9.64 Å². The van der Waals surface area contributed by atoms with Gasteiger partial charge in [-0.2, -0.15) is 0 Å². The van der Waals surface area contributed by atoms with Crippen molar-refractivity contribution in [3.63, 3.8) is 0 Å². The summed E-state index contributed by atoms with van der Waals surface area (Å²) in [6.07, 6.45) is 1.74. The summed E-state index contributed by atoms with van der Waals surface area (Å²) >= 11 is 0. The van der Waals surface area contributed by atoms with Crippen LogP contribution in [0, 0.1) is 0 Å². The normalized spacial score (nSPS) is 28.2. The highest BCUT2D eigenvalue weighted by molar-refractivity contribution is 5.41. The van der Waals surface area contributed by atoms with E-state index in [4.69, 9.17) is 4.74 Å². The van der Waals surface area contributed by atoms with Gasteiger partial charge in [-0.15, -0.1) is 0 Å². The number of piperidine rings is 1. The number of aliphatic hydroxyl groups excluding tert-OH is 1. The van der Waals surface area contributed by atoms with E-state index in [0.29, 0.717) is 37.6 Å². The number of nitrogens with zero attached hydrogens (tertiary/aromatic N) is 3. The molecular weight excluding hydrogens is 234 g/mol. The number of β-amino-alcohol motifs (C(OH)–C–C–N with tert-alkyl or cyclic N) is 1. The van der Waals surface area contributed by atoms with Gasteiger partial charge in [0, 0.05) is 19.2 Å². The van der Waals surface area contributed by atoms with Crippen LogP contribution in [0.15, 0.2) is 12.4 Å². The highest BCUT2D eigenvalue weighted by Crippen LogP contribution is 2.28. The fourth-order valence-corrected chi connectivity index (χ4v) is 2.20. The number of hydrogen-bond acceptors (Lipinski definition) is 6. The number of hydrogen-bond donors (Lipinski definition) is 2. The average molecular weight is 253 g/mol. The van der Waals surface area contributed by atoms with E-state index in [1.807, 2.05) is 11.8 Å². The molecule has 0 unspecified atom stereocenters. The van der Waals surface area contributed by atoms with Crippen LogP contribution in [0.2, 0.25) is 0 Å². The molecule has 18 heavy (non-hydrogen) atoms. The number of anilines is 1. The third-order valence-corrected chi connectivity index (χ3v) is 3.60. The van der Waals surface area contributed by atoms with Gasteiger partial charge in [-0.25, -0.2) is 9.97 Å². The molecule has 0 aliphatic carbocycles. The molecule has 2 atom stereocenters. The first-order valence-electron chi connectivity index (χ1n) is 6.10. The third-order valence-electron chi connectivity index (χ3n) is 3.60. The lowest BCUT2D eigenvalue weighted by molar-refractivity contribution is -0.0879. The van der Waals surface area contributed by atoms with E-state index in [2.05, 4.69) is 9.97 Å². The van der Waals surface area contributed by atoms with Crippen molar-refractivity contribution in [3.05, 3.63) is 12.4 Å². The Balaban J connectivity index is 2.12. The molecule has 0 aromatic carbocycles. The zero-order valence-electron chi connectivity index (χ0n) is 10.7. The Morgan fingerprint density at radius 1 is 1.56 bits per heavy atom. The quantitative estimate of drug-likeness (QED) is 0.801. The second-order valence-electron chi connectivity index (χ2n) is 4.59. The van der Waals surface area contributed by atoms with Gasteiger partial charge in [0.25, 0.3) is 0 Å². The largest absolute Gasteiger partial charge is 0.481 e. The van der Waals surface area contributed by atoms with Crippen molar-refractivity contribution in [2.45, 2.75) is 31.5 Å². The SMILES string of the molecule is CC[C@]1(O)CCN(c2cc(OC)ncn2)C[C@@H]1O. The molecule has 0 spiro atoms. The van der Waals surface area contributed by atoms with Crippen molar-refractivity contribution in [2.75, 3.05) is 25.1 Å². The van der Waals surface area contributed by atoms with Crippen molar-refractivity contribution in [1.82, 2.24) is 9.97 Å². The molecule has 1 fully saturated rings. The first-order chi connectivity index (χ1) is 8.59. The zero-order valence-corrected chi connectivity index (χ0v) is 10.7. The molecule has 100 valence electrons. The van der Waals surface area contributed by atoms with Gasteiger partial charge in [0.05, 0.1) is 12.7 Å². The fourth-order valence-electron chi connectivity index (χ4n) is 2.20. The number of aromatic nitrogens is 2. The summed E-state index contributed by atoms with van der Waals surface area (Å²) in [6.45, 7) is 2.90. The van der Waals surface area contributed by atoms with Crippen LogP contribution in [0.25, 0.3) is 0 Å². The summed E-state index contributed by atoms with van der Waals surface area (Å²) < 4.78 is 5.04. The molecule has 6 nitrogen and oxygen atoms in total. The van der Waals surface area contributed by atoms with Crippen molar-refractivity contribution in [3.8, 4) is 5.88 Å². The van der Waals surface area contributed by atoms with Gasteiger partial charge in [-0.1, -0.05) is 6.92 Å². The van der Waals surface area contributed by atoms with E-state index in [-0.39, 0.29) is 0 Å². The number of rotatable bonds is 3. The predicted molar refractivity (Wildman–Crippen MR) is 66.7 cm³/mol. The van der Waals surface area contributed by atoms with E-state index in [1.165, 1.54) is 6.33 Å². The first-order valence-corrected chi connectivity index (χ1v) is 6.10. The molecule has 0 amide bonds. The van der Waals surface area contributed by atoms with Crippen LogP contribution >= 0.6 is 0 Å². The van der Waals surface area contributed by atoms with Gasteiger partial charge in [-0.05, 0) is 12.8 Å². The van der Waals surface area contributed by atoms with Crippen molar-refractivity contribution in [2.24, 2.45) is 0 Å². The summed E-state index contributed by atoms with van der Waals surface area (Å²) in [5, 5.41) is 20.2. The van der Waals surface area contributed by atoms with Gasteiger partial charge in [0.1, 0.15) is 18.2 Å². The Morgan fingerprint density at radius 3 is 2.94 bits per heavy atom. The standard InChI is InChI=1S/C12H19N3O3/c1-3-12(17)4-5-15(7-9(12)16)10-6-11(18-2)14-8-13-10/h6,8-9,16-17H,3-5,7H2,1-2H3/t9-,12-/m0/s1. The van der Waals surface area contributed by atoms with Crippen LogP contribution in [0.3, 0.4) is 0 Å². The number of ether oxygens (including phenoxy) is 1. The van der Waals surface area contributed by atoms with Crippen LogP contribution in [-0.2, 0) is 0 Å². The van der Waals surface area contributed by atoms with Crippen molar-refractivity contribution in [1.29, 1.82) is 0 Å². The van der Waals surface area contributed by atoms with E-state index >= 15 is 0 Å². The van der Waals surface area contributed by atoms with Crippen LogP contribution in [0.5, 0.6) is 5.88 Å². The molecule has 1 aromatic heterocycles. The topological polar surface area (TPSA) is 78.7 Å². The van der Waals surface area contributed by atoms with Gasteiger partial charge in [0.15, 0.2) is 0 Å². The summed E-state index contributed by atoms with van der Waals surface area (Å²) in [6, 6.07) is 1.73.